The second kappa shape index (κ2) is 14.6. The molecule has 4 heterocycles. The molecule has 0 atom stereocenters. The van der Waals surface area contributed by atoms with Crippen LogP contribution in [-0.2, 0) is 15.6 Å². The first kappa shape index (κ1) is 38.2. The molecule has 0 saturated heterocycles. The van der Waals surface area contributed by atoms with Gasteiger partial charge in [-0.25, -0.2) is 4.98 Å². The lowest BCUT2D eigenvalue weighted by Gasteiger charge is -2.22. The molecule has 0 fully saturated rings. The molecule has 0 aliphatic carbocycles. The molecule has 0 N–H and O–H groups in total. The van der Waals surface area contributed by atoms with E-state index in [1.54, 1.807) is 0 Å². The largest absolute Gasteiger partial charge is 0.457 e. The van der Waals surface area contributed by atoms with E-state index in [9.17, 15) is 0 Å². The monoisotopic (exact) mass is 798 g/mol. The Kier molecular flexibility index (Phi) is 9.13. The van der Waals surface area contributed by atoms with Gasteiger partial charge in [-0.1, -0.05) is 139 Å². The van der Waals surface area contributed by atoms with Gasteiger partial charge < -0.3 is 14.4 Å². The Labute approximate surface area is 358 Å². The Morgan fingerprint density at radius 1 is 0.574 bits per heavy atom. The summed E-state index contributed by atoms with van der Waals surface area (Å²) in [6.45, 7) is 14.2. The number of pyridine rings is 1. The zero-order chi connectivity index (χ0) is 42.0. The van der Waals surface area contributed by atoms with E-state index >= 15 is 0 Å². The molecule has 6 aromatic carbocycles. The molecule has 0 bridgehead atoms. The van der Waals surface area contributed by atoms with Gasteiger partial charge in [-0.15, -0.1) is 0 Å². The number of hydrogen-bond donors (Lipinski definition) is 0. The number of rotatable bonds is 7. The van der Waals surface area contributed by atoms with Crippen molar-refractivity contribution >= 4 is 33.2 Å². The molecule has 2 aliphatic heterocycles. The van der Waals surface area contributed by atoms with Gasteiger partial charge in [0.15, 0.2) is 0 Å². The first-order chi connectivity index (χ1) is 29.4. The summed E-state index contributed by atoms with van der Waals surface area (Å²) >= 11 is 0. The molecule has 0 radical (unpaired) electrons. The van der Waals surface area contributed by atoms with Crippen LogP contribution in [-0.4, -0.2) is 33.1 Å². The minimum Gasteiger partial charge on any atom is -0.457 e. The van der Waals surface area contributed by atoms with Crippen molar-refractivity contribution < 1.29 is 9.47 Å². The van der Waals surface area contributed by atoms with E-state index in [1.807, 2.05) is 18.5 Å². The highest BCUT2D eigenvalue weighted by Crippen LogP contribution is 2.47. The smallest absolute Gasteiger partial charge is 0.225 e. The third kappa shape index (κ3) is 6.82. The van der Waals surface area contributed by atoms with Crippen LogP contribution >= 0.6 is 0 Å². The van der Waals surface area contributed by atoms with Gasteiger partial charge in [0.1, 0.15) is 29.3 Å². The topological polar surface area (TPSA) is 42.8 Å². The summed E-state index contributed by atoms with van der Waals surface area (Å²) in [4.78, 5) is 9.48. The maximum Gasteiger partial charge on any atom is 0.225 e. The van der Waals surface area contributed by atoms with Crippen LogP contribution in [0, 0.1) is 0 Å². The van der Waals surface area contributed by atoms with Gasteiger partial charge in [0.05, 0.1) is 23.4 Å². The molecule has 61 heavy (non-hydrogen) atoms. The lowest BCUT2D eigenvalue weighted by Crippen LogP contribution is -2.22. The van der Waals surface area contributed by atoms with Gasteiger partial charge in [-0.3, -0.25) is 9.47 Å². The molecule has 8 aromatic rings. The van der Waals surface area contributed by atoms with Gasteiger partial charge in [0.2, 0.25) is 5.88 Å². The van der Waals surface area contributed by atoms with Crippen LogP contribution in [0.3, 0.4) is 0 Å². The summed E-state index contributed by atoms with van der Waals surface area (Å²) in [5.74, 6) is 3.21. The van der Waals surface area contributed by atoms with Gasteiger partial charge in [0.25, 0.3) is 0 Å². The second-order valence-corrected chi connectivity index (χ2v) is 18.3. The van der Waals surface area contributed by atoms with Gasteiger partial charge in [-0.05, 0) is 92.7 Å². The first-order valence-electron chi connectivity index (χ1n) is 21.1. The average molecular weight is 799 g/mol. The first-order valence-corrected chi connectivity index (χ1v) is 21.1. The highest BCUT2D eigenvalue weighted by molar-refractivity contribution is 6.10. The van der Waals surface area contributed by atoms with Crippen molar-refractivity contribution in [1.29, 1.82) is 0 Å². The summed E-state index contributed by atoms with van der Waals surface area (Å²) < 4.78 is 15.6. The van der Waals surface area contributed by atoms with Crippen LogP contribution < -0.4 is 4.74 Å². The fourth-order valence-corrected chi connectivity index (χ4v) is 8.80. The van der Waals surface area contributed by atoms with Crippen LogP contribution in [0.25, 0.3) is 61.3 Å². The summed E-state index contributed by atoms with van der Waals surface area (Å²) in [5, 5.41) is 2.36. The summed E-state index contributed by atoms with van der Waals surface area (Å²) in [5.41, 5.74) is 13.5. The minimum absolute atomic E-state index is 0.0151. The fraction of sp³-hybridized carbons (Fsp3) is 0.182. The van der Waals surface area contributed by atoms with Crippen molar-refractivity contribution in [2.45, 2.75) is 52.4 Å². The van der Waals surface area contributed by atoms with E-state index in [0.29, 0.717) is 6.67 Å². The Morgan fingerprint density at radius 2 is 1.21 bits per heavy atom. The standard InChI is InChI=1S/C55H50N4O2/c1-54(2,3)39-24-27-47-46(31-39)45-26-25-42(33-48(45)59(47)50-32-40(28-29-56-50)55(4,5)6)61-41-21-14-20-38(30-41)49-34-60-53-52(57(7)35-58(49)53)51-43(36-16-10-8-11-17-36)22-15-23-44(51)37-18-12-9-13-19-37/h8-34H,35H2,1-7H3. The molecule has 6 nitrogen and oxygen atoms in total. The molecular formula is C55H50N4O2. The third-order valence-electron chi connectivity index (χ3n) is 12.0. The lowest BCUT2D eigenvalue weighted by molar-refractivity contribution is 0.278. The summed E-state index contributed by atoms with van der Waals surface area (Å²) in [6, 6.07) is 53.7. The van der Waals surface area contributed by atoms with E-state index in [1.165, 1.54) is 16.5 Å². The Morgan fingerprint density at radius 3 is 1.90 bits per heavy atom. The molecule has 0 spiro atoms. The molecule has 0 amide bonds. The van der Waals surface area contributed by atoms with Crippen molar-refractivity contribution in [3.63, 3.8) is 0 Å². The highest BCUT2D eigenvalue weighted by Gasteiger charge is 2.38. The number of aromatic nitrogens is 2. The molecule has 2 aliphatic rings. The van der Waals surface area contributed by atoms with E-state index in [4.69, 9.17) is 14.5 Å². The van der Waals surface area contributed by atoms with Crippen LogP contribution in [0.1, 0.15) is 63.8 Å². The van der Waals surface area contributed by atoms with E-state index < -0.39 is 0 Å². The Balaban J connectivity index is 1.02. The van der Waals surface area contributed by atoms with Gasteiger partial charge in [-0.2, -0.15) is 0 Å². The van der Waals surface area contributed by atoms with Gasteiger partial charge >= 0.3 is 0 Å². The molecule has 0 saturated carbocycles. The molecule has 302 valence electrons. The van der Waals surface area contributed by atoms with Crippen LogP contribution in [0.2, 0.25) is 0 Å². The number of ether oxygens (including phenoxy) is 2. The number of benzene rings is 6. The van der Waals surface area contributed by atoms with Crippen LogP contribution in [0.4, 0.5) is 0 Å². The highest BCUT2D eigenvalue weighted by atomic mass is 16.5. The zero-order valence-electron chi connectivity index (χ0n) is 35.9. The van der Waals surface area contributed by atoms with Crippen LogP contribution in [0.5, 0.6) is 11.5 Å². The fourth-order valence-electron chi connectivity index (χ4n) is 8.80. The third-order valence-corrected chi connectivity index (χ3v) is 12.0. The minimum atomic E-state index is -0.0186. The summed E-state index contributed by atoms with van der Waals surface area (Å²) in [7, 11) is 2.14. The number of hydrogen-bond acceptors (Lipinski definition) is 5. The Bertz CT molecular complexity index is 2980. The van der Waals surface area contributed by atoms with E-state index in [-0.39, 0.29) is 10.8 Å². The Hall–Kier alpha value is -7.05. The van der Waals surface area contributed by atoms with E-state index in [0.717, 1.165) is 84.4 Å². The molecule has 6 heteroatoms. The van der Waals surface area contributed by atoms with Crippen molar-refractivity contribution in [3.05, 3.63) is 192 Å². The van der Waals surface area contributed by atoms with Gasteiger partial charge in [0, 0.05) is 41.2 Å². The molecule has 10 rings (SSSR count). The quantitative estimate of drug-likeness (QED) is 0.161. The SMILES string of the molecule is CN1CN2C(c3cccc(Oc4ccc5c6cc(C(C)(C)C)ccc6n(-c6cc(C(C)(C)C)ccn6)c5c4)c3)=COC2=C1c1c(-c2ccccc2)cccc1-c1ccccc1. The summed E-state index contributed by atoms with van der Waals surface area (Å²) in [6.07, 6.45) is 3.81. The molecule has 0 unspecified atom stereocenters. The lowest BCUT2D eigenvalue weighted by atomic mass is 9.86. The predicted molar refractivity (Wildman–Crippen MR) is 250 cm³/mol. The van der Waals surface area contributed by atoms with Crippen molar-refractivity contribution in [3.8, 4) is 39.6 Å². The molecular weight excluding hydrogens is 749 g/mol. The maximum atomic E-state index is 6.74. The second-order valence-electron chi connectivity index (χ2n) is 18.3. The van der Waals surface area contributed by atoms with Crippen molar-refractivity contribution in [2.24, 2.45) is 0 Å². The maximum absolute atomic E-state index is 6.74. The zero-order valence-corrected chi connectivity index (χ0v) is 35.9. The average Bonchev–Trinajstić information content (AvgIpc) is 3.92. The number of nitrogens with zero attached hydrogens (tertiary/aromatic N) is 4. The molecule has 2 aromatic heterocycles. The number of fused-ring (bicyclic) bond motifs is 4. The van der Waals surface area contributed by atoms with Crippen LogP contribution in [0.15, 0.2) is 170 Å². The van der Waals surface area contributed by atoms with E-state index in [2.05, 4.69) is 209 Å². The normalized spacial score (nSPS) is 14.2. The predicted octanol–water partition coefficient (Wildman–Crippen LogP) is 13.8. The van der Waals surface area contributed by atoms with Crippen molar-refractivity contribution in [1.82, 2.24) is 19.4 Å². The van der Waals surface area contributed by atoms with Crippen molar-refractivity contribution in [2.75, 3.05) is 13.7 Å².